The van der Waals surface area contributed by atoms with Crippen molar-refractivity contribution in [1.29, 1.82) is 0 Å². The lowest BCUT2D eigenvalue weighted by Crippen LogP contribution is -2.41. The molecule has 2 aliphatic rings. The average molecular weight is 526 g/mol. The van der Waals surface area contributed by atoms with Crippen molar-refractivity contribution >= 4 is 11.6 Å². The summed E-state index contributed by atoms with van der Waals surface area (Å²) in [6.45, 7) is 2.83. The number of hydrogen-bond donors (Lipinski definition) is 2. The van der Waals surface area contributed by atoms with Crippen LogP contribution < -0.4 is 9.64 Å². The molecule has 0 radical (unpaired) electrons. The third-order valence-corrected chi connectivity index (χ3v) is 8.49. The van der Waals surface area contributed by atoms with Gasteiger partial charge in [0.25, 0.3) is 0 Å². The Bertz CT molecular complexity index is 1310. The van der Waals surface area contributed by atoms with Crippen LogP contribution in [0.1, 0.15) is 79.7 Å². The van der Waals surface area contributed by atoms with E-state index < -0.39 is 0 Å². The molecule has 6 nitrogen and oxygen atoms in total. The Morgan fingerprint density at radius 1 is 1.03 bits per heavy atom. The van der Waals surface area contributed by atoms with Crippen molar-refractivity contribution in [3.8, 4) is 17.6 Å². The Hall–Kier alpha value is -3.56. The Labute approximate surface area is 231 Å². The fourth-order valence-electron chi connectivity index (χ4n) is 6.17. The van der Waals surface area contributed by atoms with E-state index in [0.717, 1.165) is 67.8 Å². The molecule has 0 atom stereocenters. The van der Waals surface area contributed by atoms with Gasteiger partial charge in [-0.2, -0.15) is 5.10 Å². The number of H-pyrrole nitrogens is 1. The number of ether oxygens (including phenoxy) is 1. The summed E-state index contributed by atoms with van der Waals surface area (Å²) in [5, 5.41) is 16.8. The average Bonchev–Trinajstić information content (AvgIpc) is 3.49. The highest BCUT2D eigenvalue weighted by molar-refractivity contribution is 5.95. The largest absolute Gasteiger partial charge is 0.496 e. The minimum absolute atomic E-state index is 0.0354. The highest BCUT2D eigenvalue weighted by Crippen LogP contribution is 2.38. The van der Waals surface area contributed by atoms with E-state index in [9.17, 15) is 9.90 Å². The first-order valence-electron chi connectivity index (χ1n) is 14.3. The van der Waals surface area contributed by atoms with Gasteiger partial charge in [0.2, 0.25) is 5.91 Å². The van der Waals surface area contributed by atoms with E-state index in [0.29, 0.717) is 24.7 Å². The number of aliphatic hydroxyl groups is 1. The van der Waals surface area contributed by atoms with Crippen molar-refractivity contribution in [2.45, 2.75) is 70.3 Å². The number of aliphatic hydroxyl groups excluding tert-OH is 1. The number of amides is 1. The third kappa shape index (κ3) is 6.72. The minimum Gasteiger partial charge on any atom is -0.496 e. The van der Waals surface area contributed by atoms with Gasteiger partial charge in [-0.15, -0.1) is 0 Å². The molecule has 0 unspecified atom stereocenters. The monoisotopic (exact) mass is 525 g/mol. The molecule has 0 spiro atoms. The van der Waals surface area contributed by atoms with Gasteiger partial charge in [0.05, 0.1) is 13.2 Å². The number of methoxy groups -OCH3 is 1. The number of anilines is 1. The van der Waals surface area contributed by atoms with E-state index in [2.05, 4.69) is 47.2 Å². The lowest BCUT2D eigenvalue weighted by atomic mass is 9.78. The first-order valence-corrected chi connectivity index (χ1v) is 14.3. The highest BCUT2D eigenvalue weighted by Gasteiger charge is 2.32. The van der Waals surface area contributed by atoms with Crippen molar-refractivity contribution in [2.24, 2.45) is 11.8 Å². The number of rotatable bonds is 6. The van der Waals surface area contributed by atoms with Gasteiger partial charge in [-0.3, -0.25) is 9.89 Å². The number of carbonyl (C=O) groups is 1. The molecule has 1 aromatic heterocycles. The topological polar surface area (TPSA) is 78.4 Å². The molecule has 39 heavy (non-hydrogen) atoms. The fourth-order valence-corrected chi connectivity index (χ4v) is 6.17. The number of aromatic amines is 1. The number of benzene rings is 2. The first-order chi connectivity index (χ1) is 19.0. The number of carbonyl (C=O) groups excluding carboxylic acids is 1. The maximum absolute atomic E-state index is 13.9. The van der Waals surface area contributed by atoms with Crippen molar-refractivity contribution in [1.82, 2.24) is 10.2 Å². The predicted octanol–water partition coefficient (Wildman–Crippen LogP) is 5.98. The number of hydrogen-bond acceptors (Lipinski definition) is 4. The van der Waals surface area contributed by atoms with Gasteiger partial charge in [0.1, 0.15) is 11.4 Å². The highest BCUT2D eigenvalue weighted by atomic mass is 16.5. The third-order valence-electron chi connectivity index (χ3n) is 8.49. The number of nitrogens with one attached hydrogen (secondary N) is 1. The molecule has 0 saturated heterocycles. The Morgan fingerprint density at radius 3 is 2.51 bits per heavy atom. The van der Waals surface area contributed by atoms with Crippen LogP contribution in [0.3, 0.4) is 0 Å². The predicted molar refractivity (Wildman–Crippen MR) is 154 cm³/mol. The molecule has 1 heterocycles. The zero-order valence-corrected chi connectivity index (χ0v) is 23.0. The summed E-state index contributed by atoms with van der Waals surface area (Å²) in [5.41, 5.74) is 5.12. The van der Waals surface area contributed by atoms with Crippen molar-refractivity contribution < 1.29 is 14.6 Å². The molecule has 2 saturated carbocycles. The van der Waals surface area contributed by atoms with Crippen LogP contribution in [-0.4, -0.2) is 41.0 Å². The van der Waals surface area contributed by atoms with Crippen LogP contribution in [0.2, 0.25) is 0 Å². The molecular formula is C33H39N3O3. The zero-order valence-electron chi connectivity index (χ0n) is 23.0. The molecule has 3 aromatic rings. The number of aromatic nitrogens is 2. The van der Waals surface area contributed by atoms with Crippen molar-refractivity contribution in [3.63, 3.8) is 0 Å². The normalized spacial score (nSPS) is 22.9. The molecule has 2 N–H and O–H groups in total. The van der Waals surface area contributed by atoms with E-state index in [-0.39, 0.29) is 17.9 Å². The molecule has 2 aromatic carbocycles. The summed E-state index contributed by atoms with van der Waals surface area (Å²) < 4.78 is 5.45. The summed E-state index contributed by atoms with van der Waals surface area (Å²) in [6, 6.07) is 16.4. The summed E-state index contributed by atoms with van der Waals surface area (Å²) in [4.78, 5) is 15.9. The molecule has 5 rings (SSSR count). The van der Waals surface area contributed by atoms with Crippen LogP contribution >= 0.6 is 0 Å². The zero-order chi connectivity index (χ0) is 27.2. The Kier molecular flexibility index (Phi) is 8.68. The van der Waals surface area contributed by atoms with E-state index in [1.54, 1.807) is 13.3 Å². The van der Waals surface area contributed by atoms with Gasteiger partial charge in [-0.1, -0.05) is 24.1 Å². The molecule has 6 heteroatoms. The summed E-state index contributed by atoms with van der Waals surface area (Å²) in [5.74, 6) is 8.42. The molecule has 0 aliphatic heterocycles. The SMILES string of the molecule is COc1ccc(C2CCC(CN(C(=O)C3CCC(O)CC3)c3cccc(C#Cc4ccn[nH]4)c3)CC2)cc1C. The van der Waals surface area contributed by atoms with Crippen molar-refractivity contribution in [2.75, 3.05) is 18.6 Å². The molecule has 2 fully saturated rings. The lowest BCUT2D eigenvalue weighted by Gasteiger charge is -2.36. The molecular weight excluding hydrogens is 486 g/mol. The van der Waals surface area contributed by atoms with E-state index >= 15 is 0 Å². The summed E-state index contributed by atoms with van der Waals surface area (Å²) in [6.07, 6.45) is 8.77. The van der Waals surface area contributed by atoms with E-state index in [1.165, 1.54) is 11.1 Å². The Morgan fingerprint density at radius 2 is 1.82 bits per heavy atom. The first kappa shape index (κ1) is 27.0. The quantitative estimate of drug-likeness (QED) is 0.388. The molecule has 1 amide bonds. The van der Waals surface area contributed by atoms with E-state index in [1.807, 2.05) is 35.2 Å². The molecule has 0 bridgehead atoms. The van der Waals surface area contributed by atoms with Crippen LogP contribution in [0.5, 0.6) is 5.75 Å². The van der Waals surface area contributed by atoms with Gasteiger partial charge in [0, 0.05) is 29.9 Å². The van der Waals surface area contributed by atoms with Gasteiger partial charge >= 0.3 is 0 Å². The fraction of sp³-hybridized carbons (Fsp3) is 0.455. The maximum Gasteiger partial charge on any atom is 0.230 e. The van der Waals surface area contributed by atoms with Gasteiger partial charge in [-0.05, 0) is 118 Å². The minimum atomic E-state index is -0.277. The standard InChI is InChI=1S/C33H39N3O3/c1-23-20-28(13-17-32(23)39-2)26-9-6-25(7-10-26)22-36(33(38)27-11-15-31(37)16-12-27)30-5-3-4-24(21-30)8-14-29-18-19-34-35-29/h3-5,13,17-21,25-27,31,37H,6-7,9-12,15-16,22H2,1-2H3,(H,34,35). The second-order valence-corrected chi connectivity index (χ2v) is 11.2. The smallest absolute Gasteiger partial charge is 0.230 e. The van der Waals surface area contributed by atoms with Crippen LogP contribution in [0.25, 0.3) is 0 Å². The van der Waals surface area contributed by atoms with Crippen LogP contribution in [0.15, 0.2) is 54.7 Å². The van der Waals surface area contributed by atoms with Gasteiger partial charge < -0.3 is 14.7 Å². The van der Waals surface area contributed by atoms with Crippen molar-refractivity contribution in [3.05, 3.63) is 77.1 Å². The summed E-state index contributed by atoms with van der Waals surface area (Å²) >= 11 is 0. The second-order valence-electron chi connectivity index (χ2n) is 11.2. The number of aryl methyl sites for hydroxylation is 1. The van der Waals surface area contributed by atoms with Crippen LogP contribution in [0.4, 0.5) is 5.69 Å². The maximum atomic E-state index is 13.9. The van der Waals surface area contributed by atoms with Crippen LogP contribution in [0, 0.1) is 30.6 Å². The van der Waals surface area contributed by atoms with E-state index in [4.69, 9.17) is 4.74 Å². The summed E-state index contributed by atoms with van der Waals surface area (Å²) in [7, 11) is 1.72. The molecule has 204 valence electrons. The second kappa shape index (κ2) is 12.5. The Balaban J connectivity index is 1.31. The lowest BCUT2D eigenvalue weighted by molar-refractivity contribution is -0.124. The molecule has 2 aliphatic carbocycles. The van der Waals surface area contributed by atoms with Crippen LogP contribution in [-0.2, 0) is 4.79 Å². The van der Waals surface area contributed by atoms with Gasteiger partial charge in [-0.25, -0.2) is 0 Å². The number of nitrogens with zero attached hydrogens (tertiary/aromatic N) is 2. The van der Waals surface area contributed by atoms with Gasteiger partial charge in [0.15, 0.2) is 0 Å².